The number of hydrogen-bond donors (Lipinski definition) is 0. The van der Waals surface area contributed by atoms with Crippen molar-refractivity contribution in [3.8, 4) is 11.5 Å². The van der Waals surface area contributed by atoms with E-state index in [4.69, 9.17) is 9.47 Å². The predicted octanol–water partition coefficient (Wildman–Crippen LogP) is 6.80. The summed E-state index contributed by atoms with van der Waals surface area (Å²) in [6.45, 7) is 0.183. The van der Waals surface area contributed by atoms with Crippen LogP contribution in [0, 0.1) is 3.57 Å². The minimum atomic E-state index is -0.149. The zero-order valence-electron chi connectivity index (χ0n) is 15.7. The molecule has 0 N–H and O–H groups in total. The molecule has 0 aliphatic carbocycles. The summed E-state index contributed by atoms with van der Waals surface area (Å²) in [6, 6.07) is 37.5. The van der Waals surface area contributed by atoms with Gasteiger partial charge in [-0.3, -0.25) is 0 Å². The van der Waals surface area contributed by atoms with Gasteiger partial charge in [-0.25, -0.2) is 0 Å². The van der Waals surface area contributed by atoms with Gasteiger partial charge >= 0.3 is 0 Å². The first-order valence-electron chi connectivity index (χ1n) is 9.25. The van der Waals surface area contributed by atoms with Crippen LogP contribution in [-0.2, 0) is 10.9 Å². The maximum Gasteiger partial charge on any atom is 0.230 e. The molecule has 0 bridgehead atoms. The lowest BCUT2D eigenvalue weighted by molar-refractivity contribution is 0.119. The van der Waals surface area contributed by atoms with Crippen molar-refractivity contribution in [2.45, 2.75) is 14.7 Å². The van der Waals surface area contributed by atoms with E-state index in [2.05, 4.69) is 95.4 Å². The Morgan fingerprint density at radius 1 is 0.552 bits per heavy atom. The molecule has 0 amide bonds. The molecule has 0 radical (unpaired) electrons. The molecule has 0 saturated heterocycles. The monoisotopic (exact) mass is 511 g/mol. The molecular formula is C25H20IO2S+. The van der Waals surface area contributed by atoms with Gasteiger partial charge in [0.25, 0.3) is 0 Å². The zero-order chi connectivity index (χ0) is 19.9. The van der Waals surface area contributed by atoms with Gasteiger partial charge in [-0.1, -0.05) is 42.5 Å². The molecule has 0 spiro atoms. The van der Waals surface area contributed by atoms with Gasteiger partial charge in [0.2, 0.25) is 6.79 Å². The van der Waals surface area contributed by atoms with Crippen molar-refractivity contribution in [3.63, 3.8) is 0 Å². The van der Waals surface area contributed by atoms with Crippen LogP contribution in [0.4, 0.5) is 0 Å². The van der Waals surface area contributed by atoms with Gasteiger partial charge < -0.3 is 9.47 Å². The summed E-state index contributed by atoms with van der Waals surface area (Å²) in [5, 5.41) is 0. The molecule has 4 aromatic carbocycles. The van der Waals surface area contributed by atoms with Crippen LogP contribution >= 0.6 is 22.6 Å². The van der Waals surface area contributed by atoms with Crippen LogP contribution in [-0.4, -0.2) is 6.79 Å². The molecule has 0 aromatic heterocycles. The third kappa shape index (κ3) is 5.34. The fraction of sp³-hybridized carbons (Fsp3) is 0.0400. The highest BCUT2D eigenvalue weighted by atomic mass is 127. The van der Waals surface area contributed by atoms with E-state index in [9.17, 15) is 0 Å². The zero-order valence-corrected chi connectivity index (χ0v) is 18.7. The summed E-state index contributed by atoms with van der Waals surface area (Å²) in [5.74, 6) is 1.60. The first kappa shape index (κ1) is 19.9. The first-order valence-corrected chi connectivity index (χ1v) is 11.6. The molecule has 4 rings (SSSR count). The average molecular weight is 511 g/mol. The first-order chi connectivity index (χ1) is 14.3. The highest BCUT2D eigenvalue weighted by molar-refractivity contribution is 14.1. The maximum atomic E-state index is 5.77. The molecule has 2 nitrogen and oxygen atoms in total. The molecule has 0 saturated carbocycles. The van der Waals surface area contributed by atoms with Gasteiger partial charge in [0.15, 0.2) is 14.7 Å². The lowest BCUT2D eigenvalue weighted by Crippen LogP contribution is -2.07. The highest BCUT2D eigenvalue weighted by Crippen LogP contribution is 2.31. The van der Waals surface area contributed by atoms with Gasteiger partial charge in [0.1, 0.15) is 11.5 Å². The summed E-state index contributed by atoms with van der Waals surface area (Å²) >= 11 is 2.27. The van der Waals surface area contributed by atoms with E-state index in [-0.39, 0.29) is 17.7 Å². The van der Waals surface area contributed by atoms with Gasteiger partial charge in [-0.05, 0) is 89.3 Å². The summed E-state index contributed by atoms with van der Waals surface area (Å²) in [4.78, 5) is 3.86. The van der Waals surface area contributed by atoms with Crippen LogP contribution in [0.2, 0.25) is 0 Å². The van der Waals surface area contributed by atoms with Gasteiger partial charge in [-0.2, -0.15) is 0 Å². The van der Waals surface area contributed by atoms with Crippen LogP contribution in [0.15, 0.2) is 124 Å². The van der Waals surface area contributed by atoms with Gasteiger partial charge in [-0.15, -0.1) is 0 Å². The number of halogens is 1. The summed E-state index contributed by atoms with van der Waals surface area (Å²) < 4.78 is 12.6. The van der Waals surface area contributed by atoms with Gasteiger partial charge in [0, 0.05) is 3.57 Å². The van der Waals surface area contributed by atoms with Crippen LogP contribution in [0.25, 0.3) is 0 Å². The molecule has 0 fully saturated rings. The van der Waals surface area contributed by atoms with E-state index in [0.717, 1.165) is 15.1 Å². The molecule has 0 unspecified atom stereocenters. The molecule has 4 aromatic rings. The second-order valence-corrected chi connectivity index (χ2v) is 9.54. The fourth-order valence-corrected chi connectivity index (χ4v) is 5.51. The number of hydrogen-bond acceptors (Lipinski definition) is 2. The van der Waals surface area contributed by atoms with Gasteiger partial charge in [0.05, 0.1) is 10.9 Å². The minimum Gasteiger partial charge on any atom is -0.457 e. The third-order valence-electron chi connectivity index (χ3n) is 4.26. The normalized spacial score (nSPS) is 10.7. The highest BCUT2D eigenvalue weighted by Gasteiger charge is 2.28. The predicted molar refractivity (Wildman–Crippen MR) is 127 cm³/mol. The van der Waals surface area contributed by atoms with E-state index in [0.29, 0.717) is 0 Å². The lowest BCUT2D eigenvalue weighted by Gasteiger charge is -2.10. The van der Waals surface area contributed by atoms with Crippen LogP contribution in [0.5, 0.6) is 11.5 Å². The van der Waals surface area contributed by atoms with Crippen molar-refractivity contribution >= 4 is 33.5 Å². The Hall–Kier alpha value is -2.44. The number of benzene rings is 4. The van der Waals surface area contributed by atoms with Crippen molar-refractivity contribution in [1.82, 2.24) is 0 Å². The van der Waals surface area contributed by atoms with Crippen LogP contribution in [0.1, 0.15) is 0 Å². The Balaban J connectivity index is 1.49. The second-order valence-electron chi connectivity index (χ2n) is 6.27. The lowest BCUT2D eigenvalue weighted by atomic mass is 10.3. The second kappa shape index (κ2) is 9.85. The van der Waals surface area contributed by atoms with Crippen LogP contribution < -0.4 is 9.47 Å². The molecule has 0 aliphatic heterocycles. The molecule has 0 heterocycles. The largest absolute Gasteiger partial charge is 0.457 e. The molecule has 144 valence electrons. The summed E-state index contributed by atoms with van der Waals surface area (Å²) in [6.07, 6.45) is 0. The molecule has 29 heavy (non-hydrogen) atoms. The van der Waals surface area contributed by atoms with E-state index >= 15 is 0 Å². The van der Waals surface area contributed by atoms with E-state index < -0.39 is 0 Å². The summed E-state index contributed by atoms with van der Waals surface area (Å²) in [5.41, 5.74) is 0. The standard InChI is InChI=1S/C25H20IO2S/c26-20-8-7-9-22(18-20)28-19-27-21-14-16-25(17-15-21)29(23-10-3-1-4-11-23)24-12-5-2-6-13-24/h1-18H,19H2/q+1. The average Bonchev–Trinajstić information content (AvgIpc) is 2.77. The minimum absolute atomic E-state index is 0.149. The topological polar surface area (TPSA) is 18.5 Å². The smallest absolute Gasteiger partial charge is 0.230 e. The molecular weight excluding hydrogens is 491 g/mol. The van der Waals surface area contributed by atoms with Crippen LogP contribution in [0.3, 0.4) is 0 Å². The van der Waals surface area contributed by atoms with Crippen molar-refractivity contribution in [2.75, 3.05) is 6.79 Å². The van der Waals surface area contributed by atoms with Crippen molar-refractivity contribution in [2.24, 2.45) is 0 Å². The molecule has 0 aliphatic rings. The van der Waals surface area contributed by atoms with Crippen molar-refractivity contribution < 1.29 is 9.47 Å². The molecule has 4 heteroatoms. The summed E-state index contributed by atoms with van der Waals surface area (Å²) in [7, 11) is -0.149. The number of rotatable bonds is 7. The quantitative estimate of drug-likeness (QED) is 0.154. The van der Waals surface area contributed by atoms with Crippen molar-refractivity contribution in [1.29, 1.82) is 0 Å². The SMILES string of the molecule is Ic1cccc(OCOc2ccc([S+](c3ccccc3)c3ccccc3)cc2)c1. The Labute approximate surface area is 188 Å². The number of ether oxygens (including phenoxy) is 2. The Morgan fingerprint density at radius 2 is 1.10 bits per heavy atom. The molecule has 0 atom stereocenters. The van der Waals surface area contributed by atoms with Crippen molar-refractivity contribution in [3.05, 3.63) is 113 Å². The Bertz CT molecular complexity index is 998. The van der Waals surface area contributed by atoms with E-state index in [1.165, 1.54) is 14.7 Å². The van der Waals surface area contributed by atoms with E-state index in [1.807, 2.05) is 36.4 Å². The maximum absolute atomic E-state index is 5.77. The fourth-order valence-electron chi connectivity index (χ4n) is 2.92. The third-order valence-corrected chi connectivity index (χ3v) is 7.17. The Kier molecular flexibility index (Phi) is 6.75. The Morgan fingerprint density at radius 3 is 1.69 bits per heavy atom. The van der Waals surface area contributed by atoms with E-state index in [1.54, 1.807) is 0 Å².